The standard InChI is InChI=1S/C22H18Cl2F3N3O4S/c1-11-6-12(23)7-16(24)15(11)8-17-20(21(28)32)30-19(35-17)9-29-18(31)10-33-13-2-4-14(5-3-13)34-22(25,26)27/h2-7H,8-10H2,1H3,(H2,28,32)(H,29,31). The number of thiazole rings is 1. The van der Waals surface area contributed by atoms with Crippen molar-refractivity contribution < 1.29 is 32.2 Å². The lowest BCUT2D eigenvalue weighted by Crippen LogP contribution is -2.28. The number of primary amides is 1. The van der Waals surface area contributed by atoms with Gasteiger partial charge >= 0.3 is 6.36 Å². The minimum absolute atomic E-state index is 0.0127. The Morgan fingerprint density at radius 2 is 1.80 bits per heavy atom. The van der Waals surface area contributed by atoms with Gasteiger partial charge in [0.05, 0.1) is 6.54 Å². The predicted molar refractivity (Wildman–Crippen MR) is 125 cm³/mol. The highest BCUT2D eigenvalue weighted by molar-refractivity contribution is 7.12. The molecule has 0 fully saturated rings. The minimum Gasteiger partial charge on any atom is -0.484 e. The number of nitrogens with two attached hydrogens (primary N) is 1. The molecule has 186 valence electrons. The SMILES string of the molecule is Cc1cc(Cl)cc(Cl)c1Cc1sc(CNC(=O)COc2ccc(OC(F)(F)F)cc2)nc1C(N)=O. The van der Waals surface area contributed by atoms with Crippen LogP contribution >= 0.6 is 34.5 Å². The monoisotopic (exact) mass is 547 g/mol. The molecule has 1 heterocycles. The summed E-state index contributed by atoms with van der Waals surface area (Å²) >= 11 is 13.5. The zero-order valence-electron chi connectivity index (χ0n) is 18.0. The average molecular weight is 548 g/mol. The molecule has 0 saturated carbocycles. The van der Waals surface area contributed by atoms with Crippen molar-refractivity contribution >= 4 is 46.4 Å². The lowest BCUT2D eigenvalue weighted by molar-refractivity contribution is -0.274. The molecule has 1 aromatic heterocycles. The Morgan fingerprint density at radius 3 is 2.40 bits per heavy atom. The van der Waals surface area contributed by atoms with Gasteiger partial charge in [-0.05, 0) is 54.4 Å². The third-order valence-corrected chi connectivity index (χ3v) is 6.17. The molecule has 3 aromatic rings. The van der Waals surface area contributed by atoms with Crippen molar-refractivity contribution in [1.29, 1.82) is 0 Å². The van der Waals surface area contributed by atoms with E-state index >= 15 is 0 Å². The first-order valence-corrected chi connectivity index (χ1v) is 11.5. The fourth-order valence-electron chi connectivity index (χ4n) is 3.02. The molecule has 0 radical (unpaired) electrons. The summed E-state index contributed by atoms with van der Waals surface area (Å²) in [6.07, 6.45) is -4.49. The molecule has 0 aliphatic rings. The average Bonchev–Trinajstić information content (AvgIpc) is 3.16. The molecule has 3 rings (SSSR count). The zero-order chi connectivity index (χ0) is 25.8. The molecule has 35 heavy (non-hydrogen) atoms. The summed E-state index contributed by atoms with van der Waals surface area (Å²) in [7, 11) is 0. The van der Waals surface area contributed by atoms with Crippen LogP contribution < -0.4 is 20.5 Å². The second-order valence-corrected chi connectivity index (χ2v) is 9.20. The molecule has 0 saturated heterocycles. The molecule has 0 bridgehead atoms. The summed E-state index contributed by atoms with van der Waals surface area (Å²) in [5.74, 6) is -1.45. The number of hydrogen-bond donors (Lipinski definition) is 2. The fraction of sp³-hybridized carbons (Fsp3) is 0.227. The number of benzene rings is 2. The van der Waals surface area contributed by atoms with Gasteiger partial charge in [-0.3, -0.25) is 9.59 Å². The fourth-order valence-corrected chi connectivity index (χ4v) is 4.70. The lowest BCUT2D eigenvalue weighted by atomic mass is 10.0. The van der Waals surface area contributed by atoms with Crippen molar-refractivity contribution in [3.05, 3.63) is 73.1 Å². The van der Waals surface area contributed by atoms with Crippen LogP contribution in [-0.2, 0) is 17.8 Å². The smallest absolute Gasteiger partial charge is 0.484 e. The summed E-state index contributed by atoms with van der Waals surface area (Å²) in [6, 6.07) is 7.98. The van der Waals surface area contributed by atoms with Crippen molar-refractivity contribution in [1.82, 2.24) is 10.3 Å². The van der Waals surface area contributed by atoms with Gasteiger partial charge < -0.3 is 20.5 Å². The van der Waals surface area contributed by atoms with Gasteiger partial charge in [0.2, 0.25) is 0 Å². The first kappa shape index (κ1) is 26.6. The summed E-state index contributed by atoms with van der Waals surface area (Å²) in [5.41, 5.74) is 7.17. The minimum atomic E-state index is -4.80. The second kappa shape index (κ2) is 11.1. The van der Waals surface area contributed by atoms with Gasteiger partial charge in [0.1, 0.15) is 22.2 Å². The van der Waals surface area contributed by atoms with E-state index in [9.17, 15) is 22.8 Å². The Kier molecular flexibility index (Phi) is 8.47. The highest BCUT2D eigenvalue weighted by atomic mass is 35.5. The van der Waals surface area contributed by atoms with Crippen molar-refractivity contribution in [3.63, 3.8) is 0 Å². The van der Waals surface area contributed by atoms with Crippen molar-refractivity contribution in [3.8, 4) is 11.5 Å². The van der Waals surface area contributed by atoms with E-state index in [1.54, 1.807) is 12.1 Å². The Hall–Kier alpha value is -3.02. The number of amides is 2. The van der Waals surface area contributed by atoms with Crippen LogP contribution in [0.2, 0.25) is 10.0 Å². The lowest BCUT2D eigenvalue weighted by Gasteiger charge is -2.10. The number of hydrogen-bond acceptors (Lipinski definition) is 6. The van der Waals surface area contributed by atoms with E-state index in [0.29, 0.717) is 26.4 Å². The van der Waals surface area contributed by atoms with E-state index in [4.69, 9.17) is 33.7 Å². The third kappa shape index (κ3) is 7.74. The molecule has 3 N–H and O–H groups in total. The first-order valence-electron chi connectivity index (χ1n) is 9.89. The molecule has 7 nitrogen and oxygen atoms in total. The van der Waals surface area contributed by atoms with Crippen molar-refractivity contribution in [2.24, 2.45) is 5.73 Å². The molecule has 0 aliphatic heterocycles. The third-order valence-electron chi connectivity index (χ3n) is 4.56. The maximum absolute atomic E-state index is 12.2. The molecule has 2 aromatic carbocycles. The van der Waals surface area contributed by atoms with Crippen molar-refractivity contribution in [2.75, 3.05) is 6.61 Å². The summed E-state index contributed by atoms with van der Waals surface area (Å²) < 4.78 is 45.6. The largest absolute Gasteiger partial charge is 0.573 e. The number of nitrogens with one attached hydrogen (secondary N) is 1. The molecule has 0 atom stereocenters. The number of carbonyl (C=O) groups is 2. The number of ether oxygens (including phenoxy) is 2. The normalized spacial score (nSPS) is 11.3. The first-order chi connectivity index (χ1) is 16.4. The van der Waals surface area contributed by atoms with Crippen LogP contribution in [0.4, 0.5) is 13.2 Å². The van der Waals surface area contributed by atoms with Gasteiger partial charge in [0.15, 0.2) is 6.61 Å². The summed E-state index contributed by atoms with van der Waals surface area (Å²) in [4.78, 5) is 28.8. The topological polar surface area (TPSA) is 104 Å². The number of aryl methyl sites for hydroxylation is 1. The van der Waals surface area contributed by atoms with Crippen LogP contribution in [0, 0.1) is 6.92 Å². The van der Waals surface area contributed by atoms with E-state index in [-0.39, 0.29) is 24.6 Å². The van der Waals surface area contributed by atoms with Crippen LogP contribution in [0.15, 0.2) is 36.4 Å². The Morgan fingerprint density at radius 1 is 1.14 bits per heavy atom. The highest BCUT2D eigenvalue weighted by Crippen LogP contribution is 2.30. The molecule has 2 amide bonds. The van der Waals surface area contributed by atoms with Gasteiger partial charge in [-0.1, -0.05) is 23.2 Å². The van der Waals surface area contributed by atoms with Crippen LogP contribution in [0.25, 0.3) is 0 Å². The van der Waals surface area contributed by atoms with Crippen LogP contribution in [0.3, 0.4) is 0 Å². The predicted octanol–water partition coefficient (Wildman–Crippen LogP) is 5.04. The molecular formula is C22H18Cl2F3N3O4S. The van der Waals surface area contributed by atoms with E-state index in [0.717, 1.165) is 23.3 Å². The van der Waals surface area contributed by atoms with Crippen LogP contribution in [0.5, 0.6) is 11.5 Å². The zero-order valence-corrected chi connectivity index (χ0v) is 20.4. The molecule has 0 spiro atoms. The van der Waals surface area contributed by atoms with E-state index in [2.05, 4.69) is 15.0 Å². The maximum atomic E-state index is 12.2. The second-order valence-electron chi connectivity index (χ2n) is 7.19. The van der Waals surface area contributed by atoms with Gasteiger partial charge in [0, 0.05) is 21.3 Å². The Labute approximate surface area is 212 Å². The van der Waals surface area contributed by atoms with Gasteiger partial charge in [-0.25, -0.2) is 4.98 Å². The van der Waals surface area contributed by atoms with E-state index in [1.807, 2.05) is 6.92 Å². The number of carbonyl (C=O) groups excluding carboxylic acids is 2. The van der Waals surface area contributed by atoms with E-state index < -0.39 is 23.9 Å². The number of alkyl halides is 3. The quantitative estimate of drug-likeness (QED) is 0.390. The Bertz CT molecular complexity index is 1210. The van der Waals surface area contributed by atoms with Crippen LogP contribution in [-0.4, -0.2) is 29.8 Å². The molecule has 0 unspecified atom stereocenters. The molecule has 0 aliphatic carbocycles. The van der Waals surface area contributed by atoms with Gasteiger partial charge in [-0.15, -0.1) is 24.5 Å². The summed E-state index contributed by atoms with van der Waals surface area (Å²) in [5, 5.41) is 3.98. The van der Waals surface area contributed by atoms with E-state index in [1.165, 1.54) is 23.5 Å². The molecular weight excluding hydrogens is 530 g/mol. The van der Waals surface area contributed by atoms with Gasteiger partial charge in [0.25, 0.3) is 11.8 Å². The maximum Gasteiger partial charge on any atom is 0.573 e. The van der Waals surface area contributed by atoms with Gasteiger partial charge in [-0.2, -0.15) is 0 Å². The summed E-state index contributed by atoms with van der Waals surface area (Å²) in [6.45, 7) is 1.47. The number of halogens is 5. The Balaban J connectivity index is 1.59. The number of nitrogens with zero attached hydrogens (tertiary/aromatic N) is 1. The number of rotatable bonds is 9. The van der Waals surface area contributed by atoms with Crippen molar-refractivity contribution in [2.45, 2.75) is 26.3 Å². The molecule has 13 heteroatoms. The highest BCUT2D eigenvalue weighted by Gasteiger charge is 2.31. The number of aromatic nitrogens is 1. The van der Waals surface area contributed by atoms with Crippen LogP contribution in [0.1, 0.15) is 31.5 Å².